The van der Waals surface area contributed by atoms with Gasteiger partial charge in [0, 0.05) is 0 Å². The first-order valence-electron chi connectivity index (χ1n) is 12.2. The SMILES string of the molecule is Cc1ccc2c3ccc(CC(C)C)cc3n3c4c[c]([Ge]([CH3])([CH3])[CH3])cc5cc[n+](C)c(c1c23)c54. The first kappa shape index (κ1) is 21.0. The Bertz CT molecular complexity index is 1710. The first-order valence-corrected chi connectivity index (χ1v) is 19.5. The molecule has 0 fully saturated rings. The van der Waals surface area contributed by atoms with Crippen LogP contribution in [0.25, 0.3) is 49.0 Å². The fourth-order valence-electron chi connectivity index (χ4n) is 5.79. The van der Waals surface area contributed by atoms with E-state index in [1.54, 1.807) is 4.40 Å². The minimum atomic E-state index is -2.04. The van der Waals surface area contributed by atoms with Crippen molar-refractivity contribution in [1.82, 2.24) is 4.40 Å². The third-order valence-corrected chi connectivity index (χ3v) is 11.6. The molecule has 3 heterocycles. The van der Waals surface area contributed by atoms with Gasteiger partial charge in [0.1, 0.15) is 0 Å². The Balaban J connectivity index is 1.96. The van der Waals surface area contributed by atoms with Gasteiger partial charge in [0.05, 0.1) is 0 Å². The third-order valence-electron chi connectivity index (χ3n) is 7.41. The first-order chi connectivity index (χ1) is 15.6. The van der Waals surface area contributed by atoms with Crippen molar-refractivity contribution in [2.75, 3.05) is 0 Å². The van der Waals surface area contributed by atoms with Gasteiger partial charge in [-0.25, -0.2) is 0 Å². The average Bonchev–Trinajstić information content (AvgIpc) is 3.07. The molecule has 0 saturated carbocycles. The van der Waals surface area contributed by atoms with Gasteiger partial charge in [-0.3, -0.25) is 0 Å². The van der Waals surface area contributed by atoms with Crippen LogP contribution in [0.3, 0.4) is 0 Å². The van der Waals surface area contributed by atoms with Crippen molar-refractivity contribution >= 4 is 66.7 Å². The molecule has 0 bridgehead atoms. The molecule has 3 aromatic heterocycles. The molecule has 3 heteroatoms. The van der Waals surface area contributed by atoms with Gasteiger partial charge in [-0.1, -0.05) is 0 Å². The van der Waals surface area contributed by atoms with Crippen molar-refractivity contribution in [3.8, 4) is 0 Å². The van der Waals surface area contributed by atoms with Crippen molar-refractivity contribution in [1.29, 1.82) is 0 Å². The normalized spacial score (nSPS) is 13.1. The molecule has 0 spiro atoms. The number of benzene rings is 3. The zero-order valence-corrected chi connectivity index (χ0v) is 23.0. The molecule has 0 N–H and O–H groups in total. The topological polar surface area (TPSA) is 8.29 Å². The second-order valence-corrected chi connectivity index (χ2v) is 22.1. The summed E-state index contributed by atoms with van der Waals surface area (Å²) >= 11 is -2.04. The van der Waals surface area contributed by atoms with Crippen LogP contribution in [0.2, 0.25) is 17.3 Å². The van der Waals surface area contributed by atoms with Crippen LogP contribution in [0.15, 0.2) is 54.7 Å². The summed E-state index contributed by atoms with van der Waals surface area (Å²) in [7, 11) is 2.20. The summed E-state index contributed by atoms with van der Waals surface area (Å²) in [5.41, 5.74) is 8.23. The Kier molecular flexibility index (Phi) is 4.42. The van der Waals surface area contributed by atoms with Gasteiger partial charge >= 0.3 is 199 Å². The fraction of sp³-hybridized carbons (Fsp3) is 0.300. The number of fused-ring (bicyclic) bond motifs is 5. The van der Waals surface area contributed by atoms with Crippen LogP contribution < -0.4 is 8.96 Å². The molecule has 0 aliphatic carbocycles. The molecular formula is C30H33GeN2+. The number of nitrogens with zero attached hydrogens (tertiary/aromatic N) is 2. The number of pyridine rings is 2. The third kappa shape index (κ3) is 2.96. The Hall–Kier alpha value is -2.59. The Morgan fingerprint density at radius 1 is 0.879 bits per heavy atom. The van der Waals surface area contributed by atoms with Crippen LogP contribution in [0, 0.1) is 12.8 Å². The summed E-state index contributed by atoms with van der Waals surface area (Å²) in [6.07, 6.45) is 3.36. The summed E-state index contributed by atoms with van der Waals surface area (Å²) in [4.78, 5) is 0. The van der Waals surface area contributed by atoms with Gasteiger partial charge in [-0.05, 0) is 0 Å². The van der Waals surface area contributed by atoms with Crippen molar-refractivity contribution in [3.05, 3.63) is 65.9 Å². The van der Waals surface area contributed by atoms with Crippen molar-refractivity contribution < 1.29 is 4.57 Å². The van der Waals surface area contributed by atoms with Gasteiger partial charge in [0.15, 0.2) is 0 Å². The molecule has 0 aliphatic rings. The van der Waals surface area contributed by atoms with Crippen LogP contribution in [0.4, 0.5) is 0 Å². The van der Waals surface area contributed by atoms with Crippen molar-refractivity contribution in [3.63, 3.8) is 0 Å². The number of aromatic nitrogens is 2. The van der Waals surface area contributed by atoms with Crippen molar-refractivity contribution in [2.45, 2.75) is 44.5 Å². The standard InChI is InChI=1S/C30H33GeN2/c1-18(2)14-20-9-11-23-24-10-8-19(3)27-29(24)33(25(23)15-20)26-17-22(31(4,5)6)16-21-12-13-32(7)30(27)28(21)26/h8-13,15-18H,14H2,1-7H3/q+1. The van der Waals surface area contributed by atoms with E-state index in [1.807, 2.05) is 0 Å². The van der Waals surface area contributed by atoms with Gasteiger partial charge in [-0.2, -0.15) is 0 Å². The van der Waals surface area contributed by atoms with Gasteiger partial charge in [0.25, 0.3) is 0 Å². The van der Waals surface area contributed by atoms with Crippen LogP contribution in [0.5, 0.6) is 0 Å². The molecule has 0 aliphatic heterocycles. The van der Waals surface area contributed by atoms with Crippen LogP contribution in [0.1, 0.15) is 25.0 Å². The predicted octanol–water partition coefficient (Wildman–Crippen LogP) is 6.87. The molecule has 6 aromatic rings. The zero-order valence-electron chi connectivity index (χ0n) is 20.9. The monoisotopic (exact) mass is 495 g/mol. The number of hydrogen-bond acceptors (Lipinski definition) is 0. The van der Waals surface area contributed by atoms with E-state index in [-0.39, 0.29) is 0 Å². The predicted molar refractivity (Wildman–Crippen MR) is 146 cm³/mol. The van der Waals surface area contributed by atoms with E-state index >= 15 is 0 Å². The molecule has 0 radical (unpaired) electrons. The molecule has 0 amide bonds. The molecule has 0 atom stereocenters. The van der Waals surface area contributed by atoms with Crippen LogP contribution in [-0.4, -0.2) is 17.7 Å². The van der Waals surface area contributed by atoms with Crippen LogP contribution >= 0.6 is 0 Å². The molecule has 3 aromatic carbocycles. The van der Waals surface area contributed by atoms with E-state index in [0.717, 1.165) is 6.42 Å². The van der Waals surface area contributed by atoms with E-state index in [0.29, 0.717) is 5.92 Å². The van der Waals surface area contributed by atoms with Crippen LogP contribution in [-0.2, 0) is 13.5 Å². The molecular weight excluding hydrogens is 461 g/mol. The van der Waals surface area contributed by atoms with Gasteiger partial charge in [-0.15, -0.1) is 0 Å². The average molecular weight is 494 g/mol. The Morgan fingerprint density at radius 3 is 2.36 bits per heavy atom. The summed E-state index contributed by atoms with van der Waals surface area (Å²) in [5, 5.41) is 6.89. The second-order valence-electron chi connectivity index (χ2n) is 11.4. The van der Waals surface area contributed by atoms with Gasteiger partial charge in [0.2, 0.25) is 0 Å². The van der Waals surface area contributed by atoms with E-state index in [2.05, 4.69) is 109 Å². The summed E-state index contributed by atoms with van der Waals surface area (Å²) in [6, 6.07) is 19.1. The zero-order chi connectivity index (χ0) is 23.2. The Labute approximate surface area is 198 Å². The molecule has 6 rings (SSSR count). The van der Waals surface area contributed by atoms with E-state index in [1.165, 1.54) is 60.1 Å². The van der Waals surface area contributed by atoms with E-state index in [9.17, 15) is 0 Å². The number of hydrogen-bond donors (Lipinski definition) is 0. The molecule has 2 nitrogen and oxygen atoms in total. The van der Waals surface area contributed by atoms with E-state index < -0.39 is 13.3 Å². The second kappa shape index (κ2) is 6.96. The molecule has 166 valence electrons. The fourth-order valence-corrected chi connectivity index (χ4v) is 8.22. The summed E-state index contributed by atoms with van der Waals surface area (Å²) < 4.78 is 6.50. The quantitative estimate of drug-likeness (QED) is 0.110. The number of rotatable bonds is 3. The van der Waals surface area contributed by atoms with E-state index in [4.69, 9.17) is 0 Å². The maximum absolute atomic E-state index is 2.60. The summed E-state index contributed by atoms with van der Waals surface area (Å²) in [5.74, 6) is 8.16. The molecule has 0 saturated heterocycles. The Morgan fingerprint density at radius 2 is 1.64 bits per heavy atom. The van der Waals surface area contributed by atoms with Gasteiger partial charge < -0.3 is 0 Å². The molecule has 0 unspecified atom stereocenters. The maximum atomic E-state index is 2.60. The van der Waals surface area contributed by atoms with Crippen molar-refractivity contribution in [2.24, 2.45) is 13.0 Å². The molecule has 33 heavy (non-hydrogen) atoms. The number of aryl methyl sites for hydroxylation is 2. The summed E-state index contributed by atoms with van der Waals surface area (Å²) in [6.45, 7) is 6.88. The minimum absolute atomic E-state index is 0.648.